The van der Waals surface area contributed by atoms with Crippen LogP contribution in [0.25, 0.3) is 0 Å². The molecular formula is C19H44N4. The Morgan fingerprint density at radius 2 is 0.826 bits per heavy atom. The van der Waals surface area contributed by atoms with Gasteiger partial charge in [0.15, 0.2) is 0 Å². The highest BCUT2D eigenvalue weighted by atomic mass is 15.1. The molecule has 0 aromatic rings. The molecule has 0 atom stereocenters. The summed E-state index contributed by atoms with van der Waals surface area (Å²) in [4.78, 5) is 5.24. The minimum absolute atomic E-state index is 0.791. The van der Waals surface area contributed by atoms with Crippen molar-refractivity contribution in [1.82, 2.24) is 9.80 Å². The maximum absolute atomic E-state index is 5.66. The Kier molecular flexibility index (Phi) is 18.1. The fourth-order valence-electron chi connectivity index (χ4n) is 2.99. The molecule has 0 spiro atoms. The van der Waals surface area contributed by atoms with Gasteiger partial charge in [0.25, 0.3) is 0 Å². The van der Waals surface area contributed by atoms with E-state index in [4.69, 9.17) is 11.5 Å². The van der Waals surface area contributed by atoms with Gasteiger partial charge in [0, 0.05) is 0 Å². The summed E-state index contributed by atoms with van der Waals surface area (Å²) in [6.45, 7) is 13.4. The van der Waals surface area contributed by atoms with Crippen LogP contribution in [0, 0.1) is 0 Å². The molecule has 0 unspecified atom stereocenters. The molecule has 0 rings (SSSR count). The van der Waals surface area contributed by atoms with Gasteiger partial charge in [-0.25, -0.2) is 0 Å². The van der Waals surface area contributed by atoms with E-state index in [1.165, 1.54) is 71.1 Å². The molecule has 0 radical (unpaired) electrons. The second-order valence-electron chi connectivity index (χ2n) is 6.74. The molecule has 0 aromatic heterocycles. The van der Waals surface area contributed by atoms with Crippen LogP contribution in [0.2, 0.25) is 0 Å². The molecule has 0 aliphatic heterocycles. The van der Waals surface area contributed by atoms with Crippen molar-refractivity contribution in [3.8, 4) is 0 Å². The summed E-state index contributed by atoms with van der Waals surface area (Å²) < 4.78 is 0. The molecule has 23 heavy (non-hydrogen) atoms. The van der Waals surface area contributed by atoms with Gasteiger partial charge in [-0.2, -0.15) is 0 Å². The number of nitrogens with two attached hydrogens (primary N) is 2. The minimum Gasteiger partial charge on any atom is -0.330 e. The molecule has 0 saturated carbocycles. The third-order valence-corrected chi connectivity index (χ3v) is 4.46. The van der Waals surface area contributed by atoms with Crippen molar-refractivity contribution < 1.29 is 0 Å². The van der Waals surface area contributed by atoms with E-state index in [9.17, 15) is 0 Å². The van der Waals surface area contributed by atoms with Crippen LogP contribution in [0.5, 0.6) is 0 Å². The van der Waals surface area contributed by atoms with Crippen LogP contribution in [0.1, 0.15) is 71.6 Å². The van der Waals surface area contributed by atoms with Crippen LogP contribution in [-0.2, 0) is 0 Å². The Hall–Kier alpha value is -0.160. The molecule has 0 aromatic carbocycles. The predicted octanol–water partition coefficient (Wildman–Crippen LogP) is 3.06. The highest BCUT2D eigenvalue weighted by Crippen LogP contribution is 2.05. The number of rotatable bonds is 18. The average molecular weight is 329 g/mol. The molecule has 4 heteroatoms. The standard InChI is InChI=1S/C19H44N4/c1-3-5-7-14-22(15-8-6-4-2)18-11-19-23(16-9-12-20)17-10-13-21/h3-21H2,1-2H3. The molecule has 4 nitrogen and oxygen atoms in total. The third kappa shape index (κ3) is 15.1. The smallest absolute Gasteiger partial charge is 0.000653 e. The van der Waals surface area contributed by atoms with E-state index in [0.29, 0.717) is 0 Å². The van der Waals surface area contributed by atoms with Gasteiger partial charge in [-0.3, -0.25) is 0 Å². The van der Waals surface area contributed by atoms with Crippen LogP contribution in [0.3, 0.4) is 0 Å². The predicted molar refractivity (Wildman–Crippen MR) is 104 cm³/mol. The number of hydrogen-bond acceptors (Lipinski definition) is 4. The summed E-state index contributed by atoms with van der Waals surface area (Å²) in [5.41, 5.74) is 11.3. The van der Waals surface area contributed by atoms with Crippen molar-refractivity contribution in [1.29, 1.82) is 0 Å². The lowest BCUT2D eigenvalue weighted by Gasteiger charge is -2.26. The lowest BCUT2D eigenvalue weighted by Crippen LogP contribution is -2.33. The van der Waals surface area contributed by atoms with Crippen LogP contribution in [0.15, 0.2) is 0 Å². The van der Waals surface area contributed by atoms with Gasteiger partial charge in [-0.05, 0) is 84.5 Å². The summed E-state index contributed by atoms with van der Waals surface area (Å²) in [5.74, 6) is 0. The molecule has 0 bridgehead atoms. The molecule has 0 aliphatic rings. The molecule has 4 N–H and O–H groups in total. The highest BCUT2D eigenvalue weighted by molar-refractivity contribution is 4.64. The second-order valence-corrected chi connectivity index (χ2v) is 6.74. The van der Waals surface area contributed by atoms with Gasteiger partial charge in [0.2, 0.25) is 0 Å². The third-order valence-electron chi connectivity index (χ3n) is 4.46. The lowest BCUT2D eigenvalue weighted by molar-refractivity contribution is 0.219. The molecule has 0 aliphatic carbocycles. The Bertz CT molecular complexity index is 205. The SMILES string of the molecule is CCCCCN(CCCCC)CCCN(CCCN)CCCN. The Labute approximate surface area is 146 Å². The van der Waals surface area contributed by atoms with E-state index < -0.39 is 0 Å². The van der Waals surface area contributed by atoms with Gasteiger partial charge in [-0.15, -0.1) is 0 Å². The molecule has 0 heterocycles. The van der Waals surface area contributed by atoms with Gasteiger partial charge in [0.05, 0.1) is 0 Å². The minimum atomic E-state index is 0.791. The summed E-state index contributed by atoms with van der Waals surface area (Å²) in [6, 6.07) is 0. The molecule has 0 amide bonds. The van der Waals surface area contributed by atoms with Crippen LogP contribution >= 0.6 is 0 Å². The summed E-state index contributed by atoms with van der Waals surface area (Å²) in [7, 11) is 0. The second kappa shape index (κ2) is 18.2. The maximum Gasteiger partial charge on any atom is -0.000653 e. The fraction of sp³-hybridized carbons (Fsp3) is 1.00. The first-order valence-corrected chi connectivity index (χ1v) is 10.1. The average Bonchev–Trinajstić information content (AvgIpc) is 2.56. The maximum atomic E-state index is 5.66. The first kappa shape index (κ1) is 22.8. The van der Waals surface area contributed by atoms with Crippen molar-refractivity contribution >= 4 is 0 Å². The quantitative estimate of drug-likeness (QED) is 0.380. The normalized spacial score (nSPS) is 11.7. The first-order valence-electron chi connectivity index (χ1n) is 10.1. The number of hydrogen-bond donors (Lipinski definition) is 2. The van der Waals surface area contributed by atoms with E-state index in [2.05, 4.69) is 23.6 Å². The van der Waals surface area contributed by atoms with E-state index in [1.807, 2.05) is 0 Å². The van der Waals surface area contributed by atoms with E-state index in [-0.39, 0.29) is 0 Å². The van der Waals surface area contributed by atoms with Crippen LogP contribution in [-0.4, -0.2) is 62.2 Å². The Morgan fingerprint density at radius 3 is 1.17 bits per heavy atom. The van der Waals surface area contributed by atoms with E-state index in [1.54, 1.807) is 0 Å². The zero-order valence-corrected chi connectivity index (χ0v) is 16.1. The topological polar surface area (TPSA) is 58.5 Å². The Balaban J connectivity index is 4.04. The first-order chi connectivity index (χ1) is 11.3. The van der Waals surface area contributed by atoms with E-state index >= 15 is 0 Å². The van der Waals surface area contributed by atoms with Crippen molar-refractivity contribution in [2.45, 2.75) is 71.6 Å². The molecule has 140 valence electrons. The zero-order valence-electron chi connectivity index (χ0n) is 16.1. The van der Waals surface area contributed by atoms with Gasteiger partial charge >= 0.3 is 0 Å². The largest absolute Gasteiger partial charge is 0.330 e. The van der Waals surface area contributed by atoms with Crippen LogP contribution < -0.4 is 11.5 Å². The zero-order chi connectivity index (χ0) is 17.2. The van der Waals surface area contributed by atoms with Gasteiger partial charge < -0.3 is 21.3 Å². The number of nitrogens with zero attached hydrogens (tertiary/aromatic N) is 2. The molecule has 0 fully saturated rings. The summed E-state index contributed by atoms with van der Waals surface area (Å²) >= 11 is 0. The van der Waals surface area contributed by atoms with Gasteiger partial charge in [0.1, 0.15) is 0 Å². The molecular weight excluding hydrogens is 284 g/mol. The van der Waals surface area contributed by atoms with Crippen molar-refractivity contribution in [2.24, 2.45) is 11.5 Å². The monoisotopic (exact) mass is 328 g/mol. The van der Waals surface area contributed by atoms with Crippen molar-refractivity contribution in [2.75, 3.05) is 52.4 Å². The highest BCUT2D eigenvalue weighted by Gasteiger charge is 2.07. The van der Waals surface area contributed by atoms with Gasteiger partial charge in [-0.1, -0.05) is 39.5 Å². The number of unbranched alkanes of at least 4 members (excludes halogenated alkanes) is 4. The summed E-state index contributed by atoms with van der Waals surface area (Å²) in [5, 5.41) is 0. The lowest BCUT2D eigenvalue weighted by atomic mass is 10.2. The summed E-state index contributed by atoms with van der Waals surface area (Å²) in [6.07, 6.45) is 11.5. The fourth-order valence-corrected chi connectivity index (χ4v) is 2.99. The Morgan fingerprint density at radius 1 is 0.478 bits per heavy atom. The van der Waals surface area contributed by atoms with Crippen molar-refractivity contribution in [3.63, 3.8) is 0 Å². The van der Waals surface area contributed by atoms with E-state index in [0.717, 1.165) is 39.0 Å². The van der Waals surface area contributed by atoms with Crippen LogP contribution in [0.4, 0.5) is 0 Å². The van der Waals surface area contributed by atoms with Crippen molar-refractivity contribution in [3.05, 3.63) is 0 Å². The molecule has 0 saturated heterocycles.